The monoisotopic (exact) mass is 317 g/mol. The Balaban J connectivity index is 0. The largest absolute Gasteiger partial charge is 3.00 e. The first-order valence-electron chi connectivity index (χ1n) is 4.32. The van der Waals surface area contributed by atoms with Crippen LogP contribution in [0.5, 0.6) is 0 Å². The van der Waals surface area contributed by atoms with Crippen molar-refractivity contribution in [3.63, 3.8) is 0 Å². The minimum atomic E-state index is 0. The fraction of sp³-hybridized carbons (Fsp3) is 0.250. The van der Waals surface area contributed by atoms with Gasteiger partial charge in [0.15, 0.2) is 0 Å². The van der Waals surface area contributed by atoms with Crippen LogP contribution in [0.3, 0.4) is 0 Å². The summed E-state index contributed by atoms with van der Waals surface area (Å²) in [5.74, 6) is 0. The van der Waals surface area contributed by atoms with Crippen LogP contribution in [0.4, 0.5) is 0 Å². The van der Waals surface area contributed by atoms with E-state index >= 15 is 0 Å². The average Bonchev–Trinajstić information content (AvgIpc) is 2.39. The van der Waals surface area contributed by atoms with E-state index in [2.05, 4.69) is 45.0 Å². The van der Waals surface area contributed by atoms with Crippen molar-refractivity contribution in [3.8, 4) is 0 Å². The topological polar surface area (TPSA) is 0 Å². The minimum absolute atomic E-state index is 0. The SMILES string of the molecule is Cc1cc2c(C)c(C)ccc2[cH-]1.[Cl-].[Cl-].[Zr+3]. The van der Waals surface area contributed by atoms with Gasteiger partial charge in [0.2, 0.25) is 0 Å². The van der Waals surface area contributed by atoms with Gasteiger partial charge in [0.25, 0.3) is 0 Å². The second-order valence-electron chi connectivity index (χ2n) is 3.54. The molecule has 0 aliphatic carbocycles. The van der Waals surface area contributed by atoms with Gasteiger partial charge in [-0.1, -0.05) is 18.1 Å². The van der Waals surface area contributed by atoms with E-state index in [0.29, 0.717) is 0 Å². The number of aryl methyl sites for hydroxylation is 3. The maximum absolute atomic E-state index is 2.26. The zero-order valence-electron chi connectivity index (χ0n) is 9.07. The molecule has 0 aliphatic heterocycles. The second-order valence-corrected chi connectivity index (χ2v) is 3.54. The van der Waals surface area contributed by atoms with E-state index < -0.39 is 0 Å². The smallest absolute Gasteiger partial charge is 1.00 e. The average molecular weight is 319 g/mol. The summed E-state index contributed by atoms with van der Waals surface area (Å²) in [4.78, 5) is 0. The molecule has 0 N–H and O–H groups in total. The predicted octanol–water partition coefficient (Wildman–Crippen LogP) is -2.51. The Morgan fingerprint density at radius 3 is 2.20 bits per heavy atom. The van der Waals surface area contributed by atoms with Crippen LogP contribution in [0.2, 0.25) is 0 Å². The van der Waals surface area contributed by atoms with Gasteiger partial charge in [-0.25, -0.2) is 0 Å². The van der Waals surface area contributed by atoms with Gasteiger partial charge in [-0.3, -0.25) is 0 Å². The third kappa shape index (κ3) is 3.38. The van der Waals surface area contributed by atoms with Crippen molar-refractivity contribution < 1.29 is 51.0 Å². The van der Waals surface area contributed by atoms with Crippen LogP contribution < -0.4 is 24.8 Å². The van der Waals surface area contributed by atoms with Crippen LogP contribution in [-0.4, -0.2) is 0 Å². The van der Waals surface area contributed by atoms with Gasteiger partial charge in [-0.2, -0.15) is 6.07 Å². The summed E-state index contributed by atoms with van der Waals surface area (Å²) in [5, 5.41) is 2.78. The Labute approximate surface area is 123 Å². The normalized spacial score (nSPS) is 8.73. The molecule has 2 aromatic carbocycles. The number of fused-ring (bicyclic) bond motifs is 1. The summed E-state index contributed by atoms with van der Waals surface area (Å²) in [6, 6.07) is 8.89. The van der Waals surface area contributed by atoms with Crippen molar-refractivity contribution in [3.05, 3.63) is 41.0 Å². The van der Waals surface area contributed by atoms with Crippen molar-refractivity contribution in [2.45, 2.75) is 20.8 Å². The molecule has 0 saturated heterocycles. The van der Waals surface area contributed by atoms with Crippen LogP contribution in [0.15, 0.2) is 24.3 Å². The van der Waals surface area contributed by atoms with Crippen LogP contribution in [0.1, 0.15) is 16.7 Å². The van der Waals surface area contributed by atoms with Gasteiger partial charge in [0.05, 0.1) is 0 Å². The molecule has 0 unspecified atom stereocenters. The van der Waals surface area contributed by atoms with Crippen LogP contribution >= 0.6 is 0 Å². The molecule has 0 aliphatic rings. The van der Waals surface area contributed by atoms with E-state index in [0.717, 1.165) is 0 Å². The number of hydrogen-bond donors (Lipinski definition) is 0. The quantitative estimate of drug-likeness (QED) is 0.471. The number of halogens is 2. The van der Waals surface area contributed by atoms with Crippen molar-refractivity contribution in [1.29, 1.82) is 0 Å². The zero-order valence-corrected chi connectivity index (χ0v) is 13.0. The Morgan fingerprint density at radius 1 is 1.00 bits per heavy atom. The van der Waals surface area contributed by atoms with Crippen LogP contribution in [-0.2, 0) is 26.2 Å². The van der Waals surface area contributed by atoms with E-state index in [1.165, 1.54) is 27.5 Å². The van der Waals surface area contributed by atoms with Gasteiger partial charge in [0.1, 0.15) is 0 Å². The molecule has 0 fully saturated rings. The Bertz CT molecular complexity index is 432. The number of rotatable bonds is 0. The van der Waals surface area contributed by atoms with E-state index in [9.17, 15) is 0 Å². The molecule has 0 amide bonds. The van der Waals surface area contributed by atoms with Gasteiger partial charge >= 0.3 is 26.2 Å². The summed E-state index contributed by atoms with van der Waals surface area (Å²) in [6.45, 7) is 6.50. The minimum Gasteiger partial charge on any atom is -1.00 e. The molecule has 0 heterocycles. The number of hydrogen-bond acceptors (Lipinski definition) is 0. The first kappa shape index (κ1) is 17.7. The second kappa shape index (κ2) is 6.79. The Morgan fingerprint density at radius 2 is 1.60 bits per heavy atom. The maximum atomic E-state index is 2.26. The third-order valence-corrected chi connectivity index (χ3v) is 2.57. The Kier molecular flexibility index (Phi) is 8.00. The van der Waals surface area contributed by atoms with Crippen LogP contribution in [0.25, 0.3) is 10.8 Å². The first-order valence-corrected chi connectivity index (χ1v) is 4.32. The molecular formula is C12H13Cl2Zr. The predicted molar refractivity (Wildman–Crippen MR) is 53.8 cm³/mol. The van der Waals surface area contributed by atoms with Gasteiger partial charge < -0.3 is 24.8 Å². The van der Waals surface area contributed by atoms with Gasteiger partial charge in [0, 0.05) is 0 Å². The van der Waals surface area contributed by atoms with E-state index in [1.807, 2.05) is 0 Å². The third-order valence-electron chi connectivity index (χ3n) is 2.57. The van der Waals surface area contributed by atoms with Crippen molar-refractivity contribution in [1.82, 2.24) is 0 Å². The summed E-state index contributed by atoms with van der Waals surface area (Å²) in [7, 11) is 0. The summed E-state index contributed by atoms with van der Waals surface area (Å²) in [5.41, 5.74) is 4.16. The summed E-state index contributed by atoms with van der Waals surface area (Å²) in [6.07, 6.45) is 0. The van der Waals surface area contributed by atoms with Crippen molar-refractivity contribution in [2.24, 2.45) is 0 Å². The standard InChI is InChI=1S/C12H13.2ClH.Zr/c1-8-6-11-5-4-9(2)10(3)12(11)7-8;;;/h4-7H,1-3H3;2*1H;/q-1;;;+3/p-2. The zero-order chi connectivity index (χ0) is 8.72. The summed E-state index contributed by atoms with van der Waals surface area (Å²) >= 11 is 0. The van der Waals surface area contributed by atoms with E-state index in [1.54, 1.807) is 0 Å². The molecular weight excluding hydrogens is 306 g/mol. The fourth-order valence-corrected chi connectivity index (χ4v) is 1.69. The van der Waals surface area contributed by atoms with E-state index in [4.69, 9.17) is 0 Å². The molecule has 0 atom stereocenters. The molecule has 0 nitrogen and oxygen atoms in total. The molecule has 0 saturated carbocycles. The van der Waals surface area contributed by atoms with E-state index in [-0.39, 0.29) is 51.0 Å². The van der Waals surface area contributed by atoms with Crippen molar-refractivity contribution >= 4 is 10.8 Å². The fourth-order valence-electron chi connectivity index (χ4n) is 1.69. The van der Waals surface area contributed by atoms with Gasteiger partial charge in [-0.15, -0.1) is 34.5 Å². The van der Waals surface area contributed by atoms with Crippen molar-refractivity contribution in [2.75, 3.05) is 0 Å². The summed E-state index contributed by atoms with van der Waals surface area (Å²) < 4.78 is 0. The van der Waals surface area contributed by atoms with Gasteiger partial charge in [-0.05, 0) is 13.8 Å². The molecule has 3 heteroatoms. The first-order chi connectivity index (χ1) is 5.68. The molecule has 15 heavy (non-hydrogen) atoms. The molecule has 79 valence electrons. The molecule has 0 bridgehead atoms. The molecule has 0 spiro atoms. The maximum Gasteiger partial charge on any atom is 3.00 e. The molecule has 2 rings (SSSR count). The van der Waals surface area contributed by atoms with Crippen LogP contribution in [0, 0.1) is 20.8 Å². The molecule has 1 radical (unpaired) electrons. The number of benzene rings is 1. The molecule has 0 aromatic heterocycles. The molecule has 2 aromatic rings. The Hall–Kier alpha value is 0.293.